The molecule has 5 heteroatoms. The van der Waals surface area contributed by atoms with Crippen LogP contribution in [0.3, 0.4) is 0 Å². The first-order chi connectivity index (χ1) is 14.0. The Morgan fingerprint density at radius 1 is 0.567 bits per heavy atom. The van der Waals surface area contributed by atoms with Gasteiger partial charge in [-0.2, -0.15) is 9.79 Å². The van der Waals surface area contributed by atoms with Crippen LogP contribution in [0.25, 0.3) is 22.5 Å². The molecule has 0 saturated carbocycles. The van der Waals surface area contributed by atoms with E-state index in [0.29, 0.717) is 0 Å². The molecule has 0 fully saturated rings. The Morgan fingerprint density at radius 2 is 0.967 bits per heavy atom. The monoisotopic (exact) mass is 607 g/mol. The molecule has 0 aliphatic heterocycles. The van der Waals surface area contributed by atoms with Crippen molar-refractivity contribution in [3.8, 4) is 22.5 Å². The second-order valence-electron chi connectivity index (χ2n) is 7.43. The largest absolute Gasteiger partial charge is 2.00 e. The van der Waals surface area contributed by atoms with Crippen molar-refractivity contribution in [3.05, 3.63) is 96.3 Å². The van der Waals surface area contributed by atoms with Crippen molar-refractivity contribution in [2.45, 2.75) is 29.1 Å². The number of hydrogen-bond acceptors (Lipinski definition) is 4. The van der Waals surface area contributed by atoms with Gasteiger partial charge in [-0.25, -0.2) is 0 Å². The third kappa shape index (κ3) is 4.46. The van der Waals surface area contributed by atoms with Crippen LogP contribution in [-0.2, 0) is 51.7 Å². The fourth-order valence-electron chi connectivity index (χ4n) is 3.35. The van der Waals surface area contributed by atoms with Gasteiger partial charge in [0.1, 0.15) is 0 Å². The second kappa shape index (κ2) is 9.34. The van der Waals surface area contributed by atoms with Crippen LogP contribution in [0.2, 0.25) is 0 Å². The van der Waals surface area contributed by atoms with Crippen LogP contribution in [-0.4, -0.2) is 9.97 Å². The summed E-state index contributed by atoms with van der Waals surface area (Å²) >= 11 is 11.0. The molecule has 0 spiro atoms. The van der Waals surface area contributed by atoms with Crippen molar-refractivity contribution >= 4 is 25.3 Å². The van der Waals surface area contributed by atoms with Crippen LogP contribution in [0, 0.1) is 0 Å². The first-order valence-electron chi connectivity index (χ1n) is 9.45. The summed E-state index contributed by atoms with van der Waals surface area (Å²) in [6.45, 7) is 4.29. The van der Waals surface area contributed by atoms with Crippen LogP contribution in [0.1, 0.15) is 25.2 Å². The van der Waals surface area contributed by atoms with Crippen LogP contribution in [0.15, 0.2) is 94.7 Å². The maximum absolute atomic E-state index is 5.49. The predicted molar refractivity (Wildman–Crippen MR) is 123 cm³/mol. The molecule has 0 saturated heterocycles. The summed E-state index contributed by atoms with van der Waals surface area (Å²) in [5.74, 6) is 0. The molecule has 0 aliphatic carbocycles. The zero-order chi connectivity index (χ0) is 20.4. The molecule has 0 amide bonds. The molecule has 0 unspecified atom stereocenters. The molecule has 0 atom stereocenters. The summed E-state index contributed by atoms with van der Waals surface area (Å²) in [5.41, 5.74) is 5.23. The Labute approximate surface area is 203 Å². The van der Waals surface area contributed by atoms with Crippen LogP contribution in [0.4, 0.5) is 0 Å². The van der Waals surface area contributed by atoms with E-state index in [2.05, 4.69) is 13.8 Å². The Balaban J connectivity index is 0.00000256. The van der Waals surface area contributed by atoms with Crippen molar-refractivity contribution in [1.29, 1.82) is 0 Å². The van der Waals surface area contributed by atoms with Gasteiger partial charge in [0.05, 0.1) is 22.8 Å². The second-order valence-corrected chi connectivity index (χ2v) is 8.31. The van der Waals surface area contributed by atoms with Gasteiger partial charge < -0.3 is 25.3 Å². The summed E-state index contributed by atoms with van der Waals surface area (Å²) in [5, 5.41) is 0. The molecule has 2 nitrogen and oxygen atoms in total. The van der Waals surface area contributed by atoms with Crippen LogP contribution in [0.5, 0.6) is 0 Å². The summed E-state index contributed by atoms with van der Waals surface area (Å²) in [6.07, 6.45) is 0. The van der Waals surface area contributed by atoms with Crippen LogP contribution < -0.4 is 0 Å². The normalized spacial score (nSPS) is 11.0. The number of hydrogen-bond donors (Lipinski definition) is 0. The van der Waals surface area contributed by atoms with E-state index in [0.717, 1.165) is 43.7 Å². The number of pyridine rings is 2. The van der Waals surface area contributed by atoms with E-state index < -0.39 is 0 Å². The van der Waals surface area contributed by atoms with Crippen molar-refractivity contribution in [1.82, 2.24) is 9.97 Å². The molecule has 4 aromatic rings. The van der Waals surface area contributed by atoms with E-state index in [1.807, 2.05) is 84.9 Å². The predicted octanol–water partition coefficient (Wildman–Crippen LogP) is 5.95. The average molecular weight is 608 g/mol. The molecule has 0 radical (unpaired) electrons. The molecular weight excluding hydrogens is 588 g/mol. The topological polar surface area (TPSA) is 25.8 Å². The van der Waals surface area contributed by atoms with Gasteiger partial charge in [0.2, 0.25) is 0 Å². The standard InChI is InChI=1S/C25H22N2S2.Pt/c1-25(2,23-15-7-11-19(26-23)17-9-3-5-13-21(17)28)24-16-8-12-20(27-24)18-10-4-6-14-22(18)29;/h3-16,28-29H,1-2H3;/q;+2/p-2. The van der Waals surface area contributed by atoms with E-state index in [-0.39, 0.29) is 26.5 Å². The minimum absolute atomic E-state index is 0. The van der Waals surface area contributed by atoms with E-state index >= 15 is 0 Å². The van der Waals surface area contributed by atoms with Crippen molar-refractivity contribution in [2.75, 3.05) is 0 Å². The molecular formula is C25H20N2PtS2. The minimum Gasteiger partial charge on any atom is -0.779 e. The SMILES string of the molecule is CC(C)(c1cccc(-c2ccccc2[S-])n1)c1cccc(-c2ccccc2[S-])n1.[Pt+2]. The number of rotatable bonds is 4. The molecule has 4 rings (SSSR count). The quantitative estimate of drug-likeness (QED) is 0.268. The van der Waals surface area contributed by atoms with Crippen molar-refractivity contribution in [3.63, 3.8) is 0 Å². The molecule has 152 valence electrons. The van der Waals surface area contributed by atoms with Gasteiger partial charge >= 0.3 is 21.1 Å². The van der Waals surface area contributed by atoms with E-state index in [9.17, 15) is 0 Å². The third-order valence-electron chi connectivity index (χ3n) is 5.10. The average Bonchev–Trinajstić information content (AvgIpc) is 2.74. The van der Waals surface area contributed by atoms with Crippen molar-refractivity contribution < 1.29 is 21.1 Å². The first kappa shape index (κ1) is 22.6. The summed E-state index contributed by atoms with van der Waals surface area (Å²) in [4.78, 5) is 11.5. The van der Waals surface area contributed by atoms with Crippen molar-refractivity contribution in [2.24, 2.45) is 0 Å². The summed E-state index contributed by atoms with van der Waals surface area (Å²) in [7, 11) is 0. The van der Waals surface area contributed by atoms with Crippen LogP contribution >= 0.6 is 0 Å². The molecule has 0 aliphatic rings. The maximum atomic E-state index is 5.49. The third-order valence-corrected chi connectivity index (χ3v) is 5.82. The molecule has 30 heavy (non-hydrogen) atoms. The number of benzene rings is 2. The van der Waals surface area contributed by atoms with Gasteiger partial charge in [-0.15, -0.1) is 0 Å². The van der Waals surface area contributed by atoms with E-state index in [1.54, 1.807) is 0 Å². The van der Waals surface area contributed by atoms with Gasteiger partial charge in [-0.3, -0.25) is 9.97 Å². The molecule has 0 bridgehead atoms. The summed E-state index contributed by atoms with van der Waals surface area (Å²) in [6, 6.07) is 27.9. The Hall–Kier alpha value is -2.13. The molecule has 0 N–H and O–H groups in total. The first-order valence-corrected chi connectivity index (χ1v) is 10.3. The van der Waals surface area contributed by atoms with Gasteiger partial charge in [0.15, 0.2) is 0 Å². The van der Waals surface area contributed by atoms with Gasteiger partial charge in [0, 0.05) is 5.41 Å². The van der Waals surface area contributed by atoms with E-state index in [1.165, 1.54) is 0 Å². The zero-order valence-corrected chi connectivity index (χ0v) is 20.5. The molecule has 2 aromatic carbocycles. The van der Waals surface area contributed by atoms with Gasteiger partial charge in [0.25, 0.3) is 0 Å². The Morgan fingerprint density at radius 3 is 1.37 bits per heavy atom. The summed E-state index contributed by atoms with van der Waals surface area (Å²) < 4.78 is 0. The Bertz CT molecular complexity index is 1080. The molecule has 2 heterocycles. The minimum atomic E-state index is -0.376. The Kier molecular flexibility index (Phi) is 7.02. The number of aromatic nitrogens is 2. The fraction of sp³-hybridized carbons (Fsp3) is 0.120. The number of nitrogens with zero attached hydrogens (tertiary/aromatic N) is 2. The smallest absolute Gasteiger partial charge is 0.779 e. The van der Waals surface area contributed by atoms with E-state index in [4.69, 9.17) is 35.2 Å². The zero-order valence-electron chi connectivity index (χ0n) is 16.6. The molecule has 2 aromatic heterocycles. The maximum Gasteiger partial charge on any atom is 2.00 e. The fourth-order valence-corrected chi connectivity index (χ4v) is 3.86. The van der Waals surface area contributed by atoms with Gasteiger partial charge in [-0.05, 0) is 49.2 Å². The van der Waals surface area contributed by atoms with Gasteiger partial charge in [-0.1, -0.05) is 60.7 Å².